The van der Waals surface area contributed by atoms with Crippen LogP contribution in [-0.2, 0) is 6.42 Å². The number of carbonyl (C=O) groups excluding carboxylic acids is 1. The van der Waals surface area contributed by atoms with Crippen LogP contribution in [0.5, 0.6) is 11.5 Å². The van der Waals surface area contributed by atoms with Crippen LogP contribution in [0.2, 0.25) is 0 Å². The molecule has 1 aliphatic heterocycles. The maximum absolute atomic E-state index is 11.1. The molecule has 3 nitrogen and oxygen atoms in total. The van der Waals surface area contributed by atoms with Crippen molar-refractivity contribution in [3.63, 3.8) is 0 Å². The topological polar surface area (TPSA) is 46.5 Å². The molecule has 2 atom stereocenters. The van der Waals surface area contributed by atoms with Crippen LogP contribution in [0, 0.1) is 5.92 Å². The lowest BCUT2D eigenvalue weighted by atomic mass is 9.76. The summed E-state index contributed by atoms with van der Waals surface area (Å²) in [5, 5.41) is 10.0. The van der Waals surface area contributed by atoms with Crippen molar-refractivity contribution >= 4 is 6.29 Å². The molecule has 1 aromatic rings. The molecule has 0 bridgehead atoms. The fourth-order valence-corrected chi connectivity index (χ4v) is 3.39. The second kappa shape index (κ2) is 4.65. The number of phenolic OH excluding ortho intramolecular Hbond substituents is 1. The van der Waals surface area contributed by atoms with E-state index >= 15 is 0 Å². The predicted molar refractivity (Wildman–Crippen MR) is 77.3 cm³/mol. The highest BCUT2D eigenvalue weighted by Gasteiger charge is 2.43. The zero-order chi connectivity index (χ0) is 14.3. The summed E-state index contributed by atoms with van der Waals surface area (Å²) in [5.41, 5.74) is 2.43. The third kappa shape index (κ3) is 2.01. The Morgan fingerprint density at radius 2 is 2.25 bits per heavy atom. The fraction of sp³-hybridized carbons (Fsp3) is 0.471. The van der Waals surface area contributed by atoms with Crippen molar-refractivity contribution in [2.75, 3.05) is 0 Å². The summed E-state index contributed by atoms with van der Waals surface area (Å²) in [4.78, 5) is 11.1. The van der Waals surface area contributed by atoms with Gasteiger partial charge in [-0.25, -0.2) is 0 Å². The molecular weight excluding hydrogens is 252 g/mol. The lowest BCUT2D eigenvalue weighted by Gasteiger charge is -2.35. The van der Waals surface area contributed by atoms with Gasteiger partial charge in [0.05, 0.1) is 5.56 Å². The summed E-state index contributed by atoms with van der Waals surface area (Å²) in [6.45, 7) is 4.26. The first-order valence-corrected chi connectivity index (χ1v) is 7.18. The first-order chi connectivity index (χ1) is 9.53. The monoisotopic (exact) mass is 272 g/mol. The Morgan fingerprint density at radius 1 is 1.45 bits per heavy atom. The molecule has 1 unspecified atom stereocenters. The standard InChI is InChI=1S/C17H20O3/c1-11-3-6-13(7-4-11)17(2)9-14-15(19)8-5-12(10-18)16(14)20-17/h3,5,8,10,13,19H,4,6-7,9H2,1-2H3/t13-,17?/m1/s1. The number of fused-ring (bicyclic) bond motifs is 1. The summed E-state index contributed by atoms with van der Waals surface area (Å²) in [6.07, 6.45) is 6.97. The van der Waals surface area contributed by atoms with Gasteiger partial charge in [0.15, 0.2) is 6.29 Å². The predicted octanol–water partition coefficient (Wildman–Crippen LogP) is 3.64. The van der Waals surface area contributed by atoms with Gasteiger partial charge in [-0.1, -0.05) is 11.6 Å². The van der Waals surface area contributed by atoms with Crippen LogP contribution in [0.4, 0.5) is 0 Å². The van der Waals surface area contributed by atoms with Crippen molar-refractivity contribution in [2.45, 2.75) is 45.1 Å². The summed E-state index contributed by atoms with van der Waals surface area (Å²) in [7, 11) is 0. The molecule has 1 N–H and O–H groups in total. The molecule has 106 valence electrons. The number of aromatic hydroxyl groups is 1. The normalized spacial score (nSPS) is 28.5. The summed E-state index contributed by atoms with van der Waals surface area (Å²) in [6, 6.07) is 3.21. The molecular formula is C17H20O3. The Kier molecular flexibility index (Phi) is 3.08. The van der Waals surface area contributed by atoms with E-state index in [0.29, 0.717) is 23.7 Å². The molecule has 2 aliphatic rings. The molecule has 0 amide bonds. The van der Waals surface area contributed by atoms with Crippen molar-refractivity contribution in [3.05, 3.63) is 34.9 Å². The van der Waals surface area contributed by atoms with Crippen LogP contribution in [-0.4, -0.2) is 17.0 Å². The van der Waals surface area contributed by atoms with E-state index in [1.807, 2.05) is 0 Å². The minimum Gasteiger partial charge on any atom is -0.508 e. The van der Waals surface area contributed by atoms with Crippen LogP contribution >= 0.6 is 0 Å². The SMILES string of the molecule is CC1=CC[C@@H](C2(C)Cc3c(O)ccc(C=O)c3O2)CC1. The van der Waals surface area contributed by atoms with E-state index in [-0.39, 0.29) is 11.4 Å². The molecule has 3 rings (SSSR count). The zero-order valence-electron chi connectivity index (χ0n) is 12.0. The van der Waals surface area contributed by atoms with Crippen LogP contribution in [0.15, 0.2) is 23.8 Å². The largest absolute Gasteiger partial charge is 0.508 e. The van der Waals surface area contributed by atoms with E-state index < -0.39 is 0 Å². The number of hydrogen-bond donors (Lipinski definition) is 1. The molecule has 0 saturated heterocycles. The number of ether oxygens (including phenoxy) is 1. The second-order valence-corrected chi connectivity index (χ2v) is 6.21. The molecule has 0 fully saturated rings. The van der Waals surface area contributed by atoms with Gasteiger partial charge in [-0.2, -0.15) is 0 Å². The first-order valence-electron chi connectivity index (χ1n) is 7.18. The highest BCUT2D eigenvalue weighted by Crippen LogP contribution is 2.47. The van der Waals surface area contributed by atoms with Gasteiger partial charge in [-0.15, -0.1) is 0 Å². The van der Waals surface area contributed by atoms with Crippen LogP contribution < -0.4 is 4.74 Å². The van der Waals surface area contributed by atoms with Gasteiger partial charge >= 0.3 is 0 Å². The Labute approximate surface area is 119 Å². The molecule has 20 heavy (non-hydrogen) atoms. The van der Waals surface area contributed by atoms with Gasteiger partial charge in [0.1, 0.15) is 17.1 Å². The Bertz CT molecular complexity index is 588. The highest BCUT2D eigenvalue weighted by molar-refractivity contribution is 5.81. The third-order valence-electron chi connectivity index (χ3n) is 4.76. The lowest BCUT2D eigenvalue weighted by Crippen LogP contribution is -2.40. The van der Waals surface area contributed by atoms with Gasteiger partial charge in [0.2, 0.25) is 0 Å². The van der Waals surface area contributed by atoms with E-state index in [4.69, 9.17) is 4.74 Å². The molecule has 1 heterocycles. The van der Waals surface area contributed by atoms with E-state index in [2.05, 4.69) is 19.9 Å². The Hall–Kier alpha value is -1.77. The summed E-state index contributed by atoms with van der Waals surface area (Å²) in [5.74, 6) is 1.24. The number of allylic oxidation sites excluding steroid dienone is 2. The molecule has 1 aromatic carbocycles. The summed E-state index contributed by atoms with van der Waals surface area (Å²) < 4.78 is 6.15. The number of phenols is 1. The van der Waals surface area contributed by atoms with Crippen LogP contribution in [0.3, 0.4) is 0 Å². The van der Waals surface area contributed by atoms with E-state index in [0.717, 1.165) is 31.1 Å². The van der Waals surface area contributed by atoms with Gasteiger partial charge in [0.25, 0.3) is 0 Å². The van der Waals surface area contributed by atoms with Gasteiger partial charge < -0.3 is 9.84 Å². The summed E-state index contributed by atoms with van der Waals surface area (Å²) >= 11 is 0. The first kappa shape index (κ1) is 13.2. The van der Waals surface area contributed by atoms with Crippen LogP contribution in [0.1, 0.15) is 49.0 Å². The Morgan fingerprint density at radius 3 is 2.90 bits per heavy atom. The van der Waals surface area contributed by atoms with Crippen molar-refractivity contribution in [1.29, 1.82) is 0 Å². The Balaban J connectivity index is 1.93. The van der Waals surface area contributed by atoms with E-state index in [1.54, 1.807) is 12.1 Å². The van der Waals surface area contributed by atoms with E-state index in [9.17, 15) is 9.90 Å². The van der Waals surface area contributed by atoms with Gasteiger partial charge in [-0.05, 0) is 45.2 Å². The number of hydrogen-bond acceptors (Lipinski definition) is 3. The molecule has 0 saturated carbocycles. The zero-order valence-corrected chi connectivity index (χ0v) is 12.0. The molecule has 1 aliphatic carbocycles. The van der Waals surface area contributed by atoms with Crippen molar-refractivity contribution in [2.24, 2.45) is 5.92 Å². The number of rotatable bonds is 2. The highest BCUT2D eigenvalue weighted by atomic mass is 16.5. The molecule has 0 radical (unpaired) electrons. The van der Waals surface area contributed by atoms with Gasteiger partial charge in [-0.3, -0.25) is 4.79 Å². The number of benzene rings is 1. The van der Waals surface area contributed by atoms with Crippen LogP contribution in [0.25, 0.3) is 0 Å². The maximum Gasteiger partial charge on any atom is 0.153 e. The van der Waals surface area contributed by atoms with Gasteiger partial charge in [0, 0.05) is 17.9 Å². The second-order valence-electron chi connectivity index (χ2n) is 6.21. The lowest BCUT2D eigenvalue weighted by molar-refractivity contribution is 0.0415. The fourth-order valence-electron chi connectivity index (χ4n) is 3.39. The van der Waals surface area contributed by atoms with Crippen molar-refractivity contribution in [1.82, 2.24) is 0 Å². The average Bonchev–Trinajstić information content (AvgIpc) is 2.80. The number of carbonyl (C=O) groups is 1. The average molecular weight is 272 g/mol. The smallest absolute Gasteiger partial charge is 0.153 e. The third-order valence-corrected chi connectivity index (χ3v) is 4.76. The minimum atomic E-state index is -0.323. The quantitative estimate of drug-likeness (QED) is 0.660. The molecule has 0 aromatic heterocycles. The van der Waals surface area contributed by atoms with E-state index in [1.165, 1.54) is 5.57 Å². The molecule has 0 spiro atoms. The van der Waals surface area contributed by atoms with Crippen molar-refractivity contribution in [3.8, 4) is 11.5 Å². The van der Waals surface area contributed by atoms with Crippen molar-refractivity contribution < 1.29 is 14.6 Å². The maximum atomic E-state index is 11.1. The number of aldehydes is 1. The molecule has 3 heteroatoms. The minimum absolute atomic E-state index is 0.233.